The van der Waals surface area contributed by atoms with Crippen LogP contribution in [0.25, 0.3) is 0 Å². The second-order valence-electron chi connectivity index (χ2n) is 6.43. The zero-order valence-corrected chi connectivity index (χ0v) is 13.7. The van der Waals surface area contributed by atoms with Crippen LogP contribution in [-0.2, 0) is 11.3 Å². The van der Waals surface area contributed by atoms with Gasteiger partial charge in [0.2, 0.25) is 5.95 Å². The Morgan fingerprint density at radius 2 is 2.29 bits per heavy atom. The Balaban J connectivity index is 1.56. The standard InChI is InChI=1S/C16H22N6O2/c1-10-14(19-9-18-10)5-17-15-4-13(11-2-3-24-8-11)20-16(21-15)22-6-12(23)7-22/h4,9,11-12,23H,2-3,5-8H2,1H3,(H,18,19)(H,17,20,21)/t11-/m1/s1. The summed E-state index contributed by atoms with van der Waals surface area (Å²) in [5, 5.41) is 12.9. The molecule has 4 rings (SSSR count). The van der Waals surface area contributed by atoms with E-state index in [1.807, 2.05) is 17.9 Å². The summed E-state index contributed by atoms with van der Waals surface area (Å²) >= 11 is 0. The number of rotatable bonds is 5. The van der Waals surface area contributed by atoms with Crippen LogP contribution in [0.15, 0.2) is 12.4 Å². The van der Waals surface area contributed by atoms with Gasteiger partial charge in [0.15, 0.2) is 0 Å². The molecule has 2 saturated heterocycles. The minimum atomic E-state index is -0.282. The van der Waals surface area contributed by atoms with Gasteiger partial charge < -0.3 is 25.0 Å². The monoisotopic (exact) mass is 330 g/mol. The summed E-state index contributed by atoms with van der Waals surface area (Å²) in [5.41, 5.74) is 3.02. The lowest BCUT2D eigenvalue weighted by Crippen LogP contribution is -2.51. The molecule has 8 nitrogen and oxygen atoms in total. The first-order chi connectivity index (χ1) is 11.7. The molecule has 2 aromatic rings. The number of aliphatic hydroxyl groups excluding tert-OH is 1. The molecule has 0 aliphatic carbocycles. The first-order valence-corrected chi connectivity index (χ1v) is 8.31. The van der Waals surface area contributed by atoms with Gasteiger partial charge in [0, 0.05) is 37.4 Å². The number of aliphatic hydroxyl groups is 1. The summed E-state index contributed by atoms with van der Waals surface area (Å²) in [7, 11) is 0. The highest BCUT2D eigenvalue weighted by molar-refractivity contribution is 5.46. The lowest BCUT2D eigenvalue weighted by molar-refractivity contribution is 0.140. The molecule has 0 amide bonds. The van der Waals surface area contributed by atoms with Crippen LogP contribution in [0.1, 0.15) is 29.4 Å². The molecular formula is C16H22N6O2. The predicted molar refractivity (Wildman–Crippen MR) is 89.1 cm³/mol. The molecule has 2 aliphatic rings. The molecule has 2 aromatic heterocycles. The number of hydrogen-bond acceptors (Lipinski definition) is 7. The summed E-state index contributed by atoms with van der Waals surface area (Å²) in [5.74, 6) is 1.77. The molecule has 128 valence electrons. The Morgan fingerprint density at radius 3 is 2.96 bits per heavy atom. The molecule has 3 N–H and O–H groups in total. The van der Waals surface area contributed by atoms with E-state index in [-0.39, 0.29) is 6.10 Å². The minimum absolute atomic E-state index is 0.282. The number of anilines is 2. The number of hydrogen-bond donors (Lipinski definition) is 3. The van der Waals surface area contributed by atoms with Crippen LogP contribution in [0.3, 0.4) is 0 Å². The molecule has 1 atom stereocenters. The molecule has 0 aromatic carbocycles. The van der Waals surface area contributed by atoms with Crippen molar-refractivity contribution in [1.29, 1.82) is 0 Å². The first kappa shape index (κ1) is 15.3. The summed E-state index contributed by atoms with van der Waals surface area (Å²) in [4.78, 5) is 18.7. The molecule has 2 aliphatic heterocycles. The molecule has 0 saturated carbocycles. The normalized spacial score (nSPS) is 21.1. The smallest absolute Gasteiger partial charge is 0.227 e. The Morgan fingerprint density at radius 1 is 1.42 bits per heavy atom. The maximum absolute atomic E-state index is 9.54. The zero-order chi connectivity index (χ0) is 16.5. The van der Waals surface area contributed by atoms with Crippen LogP contribution < -0.4 is 10.2 Å². The van der Waals surface area contributed by atoms with Gasteiger partial charge in [-0.05, 0) is 13.3 Å². The van der Waals surface area contributed by atoms with Crippen molar-refractivity contribution >= 4 is 11.8 Å². The topological polar surface area (TPSA) is 99.2 Å². The second-order valence-corrected chi connectivity index (χ2v) is 6.43. The van der Waals surface area contributed by atoms with E-state index in [1.54, 1.807) is 6.33 Å². The molecule has 24 heavy (non-hydrogen) atoms. The zero-order valence-electron chi connectivity index (χ0n) is 13.7. The van der Waals surface area contributed by atoms with Crippen molar-refractivity contribution in [2.75, 3.05) is 36.5 Å². The fraction of sp³-hybridized carbons (Fsp3) is 0.562. The van der Waals surface area contributed by atoms with Crippen molar-refractivity contribution < 1.29 is 9.84 Å². The van der Waals surface area contributed by atoms with Gasteiger partial charge in [0.05, 0.1) is 37.0 Å². The van der Waals surface area contributed by atoms with E-state index in [0.29, 0.717) is 38.1 Å². The Hall–Kier alpha value is -2.19. The summed E-state index contributed by atoms with van der Waals surface area (Å²) < 4.78 is 5.50. The third-order valence-corrected chi connectivity index (χ3v) is 4.60. The average molecular weight is 330 g/mol. The van der Waals surface area contributed by atoms with Gasteiger partial charge in [0.25, 0.3) is 0 Å². The van der Waals surface area contributed by atoms with Crippen LogP contribution in [-0.4, -0.2) is 57.4 Å². The van der Waals surface area contributed by atoms with E-state index in [4.69, 9.17) is 9.72 Å². The molecular weight excluding hydrogens is 308 g/mol. The largest absolute Gasteiger partial charge is 0.389 e. The molecule has 0 unspecified atom stereocenters. The number of H-pyrrole nitrogens is 1. The van der Waals surface area contributed by atoms with Crippen LogP contribution in [0.2, 0.25) is 0 Å². The molecule has 8 heteroatoms. The SMILES string of the molecule is Cc1[nH]cnc1CNc1cc([C@@H]2CCOC2)nc(N2CC(O)C2)n1. The minimum Gasteiger partial charge on any atom is -0.389 e. The Kier molecular flexibility index (Phi) is 4.07. The van der Waals surface area contributed by atoms with E-state index >= 15 is 0 Å². The fourth-order valence-corrected chi connectivity index (χ4v) is 3.02. The highest BCUT2D eigenvalue weighted by atomic mass is 16.5. The number of aromatic nitrogens is 4. The van der Waals surface area contributed by atoms with Crippen molar-refractivity contribution in [1.82, 2.24) is 19.9 Å². The van der Waals surface area contributed by atoms with Gasteiger partial charge in [-0.1, -0.05) is 0 Å². The van der Waals surface area contributed by atoms with E-state index in [9.17, 15) is 5.11 Å². The number of β-amino-alcohol motifs (C(OH)–C–C–N with tert-alkyl or cyclic N) is 1. The summed E-state index contributed by atoms with van der Waals surface area (Å²) in [6.07, 6.45) is 2.40. The van der Waals surface area contributed by atoms with Crippen molar-refractivity contribution in [2.45, 2.75) is 31.9 Å². The van der Waals surface area contributed by atoms with Gasteiger partial charge >= 0.3 is 0 Å². The van der Waals surface area contributed by atoms with E-state index < -0.39 is 0 Å². The highest BCUT2D eigenvalue weighted by Crippen LogP contribution is 2.28. The van der Waals surface area contributed by atoms with E-state index in [0.717, 1.165) is 35.9 Å². The van der Waals surface area contributed by atoms with Crippen LogP contribution in [0.4, 0.5) is 11.8 Å². The lowest BCUT2D eigenvalue weighted by Gasteiger charge is -2.36. The van der Waals surface area contributed by atoms with Gasteiger partial charge in [-0.2, -0.15) is 4.98 Å². The third-order valence-electron chi connectivity index (χ3n) is 4.60. The number of aryl methyl sites for hydroxylation is 1. The number of aromatic amines is 1. The second kappa shape index (κ2) is 6.37. The maximum atomic E-state index is 9.54. The van der Waals surface area contributed by atoms with Crippen molar-refractivity contribution in [2.24, 2.45) is 0 Å². The van der Waals surface area contributed by atoms with Gasteiger partial charge in [-0.15, -0.1) is 0 Å². The number of nitrogens with zero attached hydrogens (tertiary/aromatic N) is 4. The van der Waals surface area contributed by atoms with E-state index in [2.05, 4.69) is 20.3 Å². The molecule has 2 fully saturated rings. The van der Waals surface area contributed by atoms with Crippen molar-refractivity contribution in [3.8, 4) is 0 Å². The summed E-state index contributed by atoms with van der Waals surface area (Å²) in [6.45, 7) is 5.26. The Labute approximate surface area is 140 Å². The van der Waals surface area contributed by atoms with E-state index in [1.165, 1.54) is 0 Å². The highest BCUT2D eigenvalue weighted by Gasteiger charge is 2.28. The molecule has 0 spiro atoms. The summed E-state index contributed by atoms with van der Waals surface area (Å²) in [6, 6.07) is 2.00. The van der Waals surface area contributed by atoms with Crippen LogP contribution >= 0.6 is 0 Å². The fourth-order valence-electron chi connectivity index (χ4n) is 3.02. The van der Waals surface area contributed by atoms with Gasteiger partial charge in [-0.25, -0.2) is 9.97 Å². The lowest BCUT2D eigenvalue weighted by atomic mass is 10.0. The first-order valence-electron chi connectivity index (χ1n) is 8.31. The van der Waals surface area contributed by atoms with Gasteiger partial charge in [-0.3, -0.25) is 0 Å². The van der Waals surface area contributed by atoms with Crippen LogP contribution in [0, 0.1) is 6.92 Å². The quantitative estimate of drug-likeness (QED) is 0.746. The number of nitrogens with one attached hydrogen (secondary N) is 2. The number of imidazole rings is 1. The molecule has 0 radical (unpaired) electrons. The third kappa shape index (κ3) is 3.07. The van der Waals surface area contributed by atoms with Crippen molar-refractivity contribution in [3.05, 3.63) is 29.5 Å². The molecule has 0 bridgehead atoms. The Bertz CT molecular complexity index is 706. The average Bonchev–Trinajstić information content (AvgIpc) is 3.21. The van der Waals surface area contributed by atoms with Gasteiger partial charge in [0.1, 0.15) is 5.82 Å². The number of ether oxygens (including phenoxy) is 1. The van der Waals surface area contributed by atoms with Crippen molar-refractivity contribution in [3.63, 3.8) is 0 Å². The maximum Gasteiger partial charge on any atom is 0.227 e. The molecule has 4 heterocycles. The predicted octanol–water partition coefficient (Wildman–Crippen LogP) is 0.805. The van der Waals surface area contributed by atoms with Crippen LogP contribution in [0.5, 0.6) is 0 Å².